The normalized spacial score (nSPS) is 23.9. The van der Waals surface area contributed by atoms with Crippen molar-refractivity contribution in [2.24, 2.45) is 0 Å². The molecule has 0 fully saturated rings. The SMILES string of the molecule is CN1CC=CC(F)(F)C1.Cl. The van der Waals surface area contributed by atoms with E-state index in [9.17, 15) is 8.78 Å². The van der Waals surface area contributed by atoms with E-state index in [1.165, 1.54) is 6.08 Å². The van der Waals surface area contributed by atoms with E-state index in [1.807, 2.05) is 0 Å². The summed E-state index contributed by atoms with van der Waals surface area (Å²) in [6, 6.07) is 0. The molecule has 1 rings (SSSR count). The average molecular weight is 170 g/mol. The van der Waals surface area contributed by atoms with Gasteiger partial charge in [-0.05, 0) is 13.1 Å². The van der Waals surface area contributed by atoms with Crippen molar-refractivity contribution >= 4 is 12.4 Å². The van der Waals surface area contributed by atoms with E-state index >= 15 is 0 Å². The van der Waals surface area contributed by atoms with E-state index in [-0.39, 0.29) is 19.0 Å². The molecule has 60 valence electrons. The monoisotopic (exact) mass is 169 g/mol. The molecular formula is C6H10ClF2N. The van der Waals surface area contributed by atoms with Gasteiger partial charge in [0, 0.05) is 6.54 Å². The molecule has 0 spiro atoms. The first-order valence-corrected chi connectivity index (χ1v) is 2.84. The zero-order valence-corrected chi connectivity index (χ0v) is 6.50. The molecule has 0 saturated heterocycles. The number of likely N-dealkylation sites (N-methyl/N-ethyl adjacent to an activating group) is 1. The Labute approximate surface area is 65.1 Å². The first-order chi connectivity index (χ1) is 4.10. The summed E-state index contributed by atoms with van der Waals surface area (Å²) >= 11 is 0. The summed E-state index contributed by atoms with van der Waals surface area (Å²) in [5, 5.41) is 0. The number of rotatable bonds is 0. The van der Waals surface area contributed by atoms with Gasteiger partial charge in [0.05, 0.1) is 6.54 Å². The van der Waals surface area contributed by atoms with Crippen LogP contribution in [0.1, 0.15) is 0 Å². The predicted octanol–water partition coefficient (Wildman–Crippen LogP) is 1.55. The summed E-state index contributed by atoms with van der Waals surface area (Å²) in [7, 11) is 1.68. The molecule has 0 N–H and O–H groups in total. The van der Waals surface area contributed by atoms with Crippen molar-refractivity contribution in [3.8, 4) is 0 Å². The molecule has 0 atom stereocenters. The maximum Gasteiger partial charge on any atom is 0.278 e. The number of alkyl halides is 2. The van der Waals surface area contributed by atoms with Crippen LogP contribution in [0.5, 0.6) is 0 Å². The minimum Gasteiger partial charge on any atom is -0.297 e. The molecular weight excluding hydrogens is 160 g/mol. The van der Waals surface area contributed by atoms with Gasteiger partial charge in [0.1, 0.15) is 0 Å². The van der Waals surface area contributed by atoms with Crippen LogP contribution < -0.4 is 0 Å². The van der Waals surface area contributed by atoms with Gasteiger partial charge in [-0.2, -0.15) is 0 Å². The van der Waals surface area contributed by atoms with Crippen molar-refractivity contribution in [3.63, 3.8) is 0 Å². The Kier molecular flexibility index (Phi) is 3.25. The molecule has 0 aromatic carbocycles. The lowest BCUT2D eigenvalue weighted by atomic mass is 10.2. The Morgan fingerprint density at radius 2 is 2.10 bits per heavy atom. The Bertz CT molecular complexity index is 136. The molecule has 1 aliphatic heterocycles. The second-order valence-electron chi connectivity index (χ2n) is 2.36. The highest BCUT2D eigenvalue weighted by atomic mass is 35.5. The van der Waals surface area contributed by atoms with Gasteiger partial charge in [-0.15, -0.1) is 12.4 Å². The van der Waals surface area contributed by atoms with Gasteiger partial charge >= 0.3 is 0 Å². The van der Waals surface area contributed by atoms with Crippen LogP contribution in [0.2, 0.25) is 0 Å². The molecule has 0 aromatic rings. The standard InChI is InChI=1S/C6H9F2N.ClH/c1-9-4-2-3-6(7,8)5-9;/h2-3H,4-5H2,1H3;1H. The Hall–Kier alpha value is -0.150. The van der Waals surface area contributed by atoms with Crippen LogP contribution in [0.15, 0.2) is 12.2 Å². The molecule has 0 aromatic heterocycles. The summed E-state index contributed by atoms with van der Waals surface area (Å²) in [6.07, 6.45) is 2.45. The van der Waals surface area contributed by atoms with E-state index < -0.39 is 5.92 Å². The molecule has 0 amide bonds. The van der Waals surface area contributed by atoms with Crippen molar-refractivity contribution in [2.75, 3.05) is 20.1 Å². The number of halogens is 3. The van der Waals surface area contributed by atoms with Crippen LogP contribution in [0.25, 0.3) is 0 Å². The summed E-state index contributed by atoms with van der Waals surface area (Å²) in [5.74, 6) is -2.60. The fourth-order valence-electron chi connectivity index (χ4n) is 0.882. The van der Waals surface area contributed by atoms with Crippen molar-refractivity contribution < 1.29 is 8.78 Å². The van der Waals surface area contributed by atoms with Crippen molar-refractivity contribution in [2.45, 2.75) is 5.92 Å². The van der Waals surface area contributed by atoms with Crippen LogP contribution in [-0.4, -0.2) is 31.0 Å². The highest BCUT2D eigenvalue weighted by Crippen LogP contribution is 2.19. The van der Waals surface area contributed by atoms with E-state index in [1.54, 1.807) is 11.9 Å². The second-order valence-corrected chi connectivity index (χ2v) is 2.36. The molecule has 0 saturated carbocycles. The maximum atomic E-state index is 12.3. The van der Waals surface area contributed by atoms with Crippen molar-refractivity contribution in [1.82, 2.24) is 4.90 Å². The van der Waals surface area contributed by atoms with Crippen LogP contribution in [0, 0.1) is 0 Å². The zero-order chi connectivity index (χ0) is 6.91. The first-order valence-electron chi connectivity index (χ1n) is 2.84. The lowest BCUT2D eigenvalue weighted by Crippen LogP contribution is -2.36. The molecule has 1 aliphatic rings. The van der Waals surface area contributed by atoms with Gasteiger partial charge < -0.3 is 0 Å². The van der Waals surface area contributed by atoms with Crippen molar-refractivity contribution in [1.29, 1.82) is 0 Å². The fourth-order valence-corrected chi connectivity index (χ4v) is 0.882. The molecule has 1 nitrogen and oxygen atoms in total. The van der Waals surface area contributed by atoms with E-state index in [4.69, 9.17) is 0 Å². The van der Waals surface area contributed by atoms with E-state index in [2.05, 4.69) is 0 Å². The quantitative estimate of drug-likeness (QED) is 0.498. The Morgan fingerprint density at radius 1 is 1.50 bits per heavy atom. The third kappa shape index (κ3) is 2.62. The predicted molar refractivity (Wildman–Crippen MR) is 38.8 cm³/mol. The van der Waals surface area contributed by atoms with Gasteiger partial charge in [-0.3, -0.25) is 4.90 Å². The summed E-state index contributed by atoms with van der Waals surface area (Å²) in [5.41, 5.74) is 0. The Morgan fingerprint density at radius 3 is 2.40 bits per heavy atom. The first kappa shape index (κ1) is 9.85. The van der Waals surface area contributed by atoms with E-state index in [0.717, 1.165) is 6.08 Å². The van der Waals surface area contributed by atoms with Crippen LogP contribution in [0.4, 0.5) is 8.78 Å². The lowest BCUT2D eigenvalue weighted by molar-refractivity contribution is 0.0162. The minimum atomic E-state index is -2.60. The average Bonchev–Trinajstić information content (AvgIpc) is 1.60. The smallest absolute Gasteiger partial charge is 0.278 e. The maximum absolute atomic E-state index is 12.3. The zero-order valence-electron chi connectivity index (χ0n) is 5.68. The van der Waals surface area contributed by atoms with E-state index in [0.29, 0.717) is 6.54 Å². The summed E-state index contributed by atoms with van der Waals surface area (Å²) in [4.78, 5) is 1.58. The van der Waals surface area contributed by atoms with Gasteiger partial charge in [-0.25, -0.2) is 8.78 Å². The topological polar surface area (TPSA) is 3.24 Å². The highest BCUT2D eigenvalue weighted by Gasteiger charge is 2.28. The molecule has 0 aliphatic carbocycles. The number of nitrogens with zero attached hydrogens (tertiary/aromatic N) is 1. The molecule has 0 unspecified atom stereocenters. The fraction of sp³-hybridized carbons (Fsp3) is 0.667. The third-order valence-electron chi connectivity index (χ3n) is 1.26. The van der Waals surface area contributed by atoms with Gasteiger partial charge in [0.2, 0.25) is 0 Å². The summed E-state index contributed by atoms with van der Waals surface area (Å²) in [6.45, 7) is 0.485. The van der Waals surface area contributed by atoms with Gasteiger partial charge in [-0.1, -0.05) is 6.08 Å². The van der Waals surface area contributed by atoms with Gasteiger partial charge in [0.25, 0.3) is 5.92 Å². The molecule has 10 heavy (non-hydrogen) atoms. The molecule has 1 heterocycles. The number of hydrogen-bond acceptors (Lipinski definition) is 1. The highest BCUT2D eigenvalue weighted by molar-refractivity contribution is 5.85. The number of hydrogen-bond donors (Lipinski definition) is 0. The van der Waals surface area contributed by atoms with Crippen LogP contribution in [0.3, 0.4) is 0 Å². The molecule has 0 radical (unpaired) electrons. The van der Waals surface area contributed by atoms with Crippen LogP contribution >= 0.6 is 12.4 Å². The Balaban J connectivity index is 0.000000810. The van der Waals surface area contributed by atoms with Gasteiger partial charge in [0.15, 0.2) is 0 Å². The molecule has 0 bridgehead atoms. The minimum absolute atomic E-state index is 0. The lowest BCUT2D eigenvalue weighted by Gasteiger charge is -2.24. The molecule has 4 heteroatoms. The van der Waals surface area contributed by atoms with Crippen LogP contribution in [-0.2, 0) is 0 Å². The third-order valence-corrected chi connectivity index (χ3v) is 1.26. The van der Waals surface area contributed by atoms with Crippen molar-refractivity contribution in [3.05, 3.63) is 12.2 Å². The summed E-state index contributed by atoms with van der Waals surface area (Å²) < 4.78 is 24.7. The second kappa shape index (κ2) is 3.30. The largest absolute Gasteiger partial charge is 0.297 e.